The molecule has 0 N–H and O–H groups in total. The smallest absolute Gasteiger partial charge is 0.173 e. The van der Waals surface area contributed by atoms with Crippen molar-refractivity contribution in [2.45, 2.75) is 38.1 Å². The molecule has 4 rings (SSSR count). The van der Waals surface area contributed by atoms with Gasteiger partial charge in [-0.3, -0.25) is 4.90 Å². The number of piperidine rings is 1. The fourth-order valence-corrected chi connectivity index (χ4v) is 3.79. The number of nitrogens with zero attached hydrogens (tertiary/aromatic N) is 2. The van der Waals surface area contributed by atoms with Crippen molar-refractivity contribution in [3.8, 4) is 0 Å². The third-order valence-electron chi connectivity index (χ3n) is 4.75. The molecule has 23 heavy (non-hydrogen) atoms. The number of hydrogen-bond donors (Lipinski definition) is 0. The standard InChI is InChI=1S/C18H21ClN2O2/c19-17-14(11-13-5-1-2-6-15(13)20-17)12-21-8-4-3-7-16(21)18-22-9-10-23-18/h1-2,5-6,11,16,18H,3-4,7-10,12H2. The second-order valence-electron chi connectivity index (χ2n) is 6.27. The Morgan fingerprint density at radius 3 is 2.87 bits per heavy atom. The molecule has 2 fully saturated rings. The molecular formula is C18H21ClN2O2. The molecule has 2 saturated heterocycles. The molecule has 122 valence electrons. The molecule has 1 aromatic carbocycles. The van der Waals surface area contributed by atoms with Crippen LogP contribution in [0.2, 0.25) is 5.15 Å². The summed E-state index contributed by atoms with van der Waals surface area (Å²) in [7, 11) is 0. The monoisotopic (exact) mass is 332 g/mol. The van der Waals surface area contributed by atoms with Gasteiger partial charge in [-0.2, -0.15) is 0 Å². The van der Waals surface area contributed by atoms with E-state index in [1.54, 1.807) is 0 Å². The molecule has 5 heteroatoms. The molecule has 0 radical (unpaired) electrons. The fourth-order valence-electron chi connectivity index (χ4n) is 3.59. The molecule has 3 heterocycles. The van der Waals surface area contributed by atoms with E-state index in [2.05, 4.69) is 22.0 Å². The molecule has 2 aliphatic heterocycles. The minimum absolute atomic E-state index is 0.0949. The summed E-state index contributed by atoms with van der Waals surface area (Å²) in [6, 6.07) is 10.6. The molecular weight excluding hydrogens is 312 g/mol. The van der Waals surface area contributed by atoms with Crippen LogP contribution >= 0.6 is 11.6 Å². The van der Waals surface area contributed by atoms with Crippen molar-refractivity contribution in [1.82, 2.24) is 9.88 Å². The van der Waals surface area contributed by atoms with Crippen LogP contribution in [-0.4, -0.2) is 42.0 Å². The van der Waals surface area contributed by atoms with Crippen LogP contribution < -0.4 is 0 Å². The van der Waals surface area contributed by atoms with E-state index in [-0.39, 0.29) is 6.29 Å². The number of hydrogen-bond acceptors (Lipinski definition) is 4. The summed E-state index contributed by atoms with van der Waals surface area (Å²) >= 11 is 6.43. The van der Waals surface area contributed by atoms with Gasteiger partial charge in [0, 0.05) is 17.5 Å². The molecule has 1 atom stereocenters. The van der Waals surface area contributed by atoms with Crippen LogP contribution in [0.15, 0.2) is 30.3 Å². The van der Waals surface area contributed by atoms with Crippen molar-refractivity contribution < 1.29 is 9.47 Å². The van der Waals surface area contributed by atoms with Gasteiger partial charge in [0.1, 0.15) is 5.15 Å². The summed E-state index contributed by atoms with van der Waals surface area (Å²) in [6.07, 6.45) is 3.46. The highest BCUT2D eigenvalue weighted by Gasteiger charge is 2.33. The summed E-state index contributed by atoms with van der Waals surface area (Å²) in [6.45, 7) is 3.25. The summed E-state index contributed by atoms with van der Waals surface area (Å²) in [4.78, 5) is 6.98. The average molecular weight is 333 g/mol. The van der Waals surface area contributed by atoms with Crippen molar-refractivity contribution in [2.75, 3.05) is 19.8 Å². The Bertz CT molecular complexity index is 688. The minimum atomic E-state index is -0.0949. The largest absolute Gasteiger partial charge is 0.349 e. The Kier molecular flexibility index (Phi) is 4.49. The number of ether oxygens (including phenoxy) is 2. The Morgan fingerprint density at radius 1 is 1.17 bits per heavy atom. The number of para-hydroxylation sites is 1. The van der Waals surface area contributed by atoms with Gasteiger partial charge in [-0.1, -0.05) is 36.2 Å². The van der Waals surface area contributed by atoms with Crippen LogP contribution in [0.25, 0.3) is 10.9 Å². The van der Waals surface area contributed by atoms with E-state index < -0.39 is 0 Å². The quantitative estimate of drug-likeness (QED) is 0.804. The Hall–Kier alpha value is -1.20. The first-order valence-corrected chi connectivity index (χ1v) is 8.70. The highest BCUT2D eigenvalue weighted by atomic mass is 35.5. The van der Waals surface area contributed by atoms with E-state index in [0.717, 1.165) is 36.0 Å². The topological polar surface area (TPSA) is 34.6 Å². The van der Waals surface area contributed by atoms with Gasteiger partial charge in [0.15, 0.2) is 6.29 Å². The van der Waals surface area contributed by atoms with Crippen LogP contribution in [0.1, 0.15) is 24.8 Å². The zero-order valence-corrected chi connectivity index (χ0v) is 13.8. The van der Waals surface area contributed by atoms with Crippen LogP contribution in [0.5, 0.6) is 0 Å². The van der Waals surface area contributed by atoms with E-state index in [1.165, 1.54) is 12.8 Å². The van der Waals surface area contributed by atoms with E-state index in [0.29, 0.717) is 24.4 Å². The predicted octanol–water partition coefficient (Wildman–Crippen LogP) is 3.62. The third kappa shape index (κ3) is 3.22. The molecule has 1 aromatic heterocycles. The highest BCUT2D eigenvalue weighted by Crippen LogP contribution is 2.28. The van der Waals surface area contributed by atoms with Gasteiger partial charge in [0.05, 0.1) is 24.8 Å². The average Bonchev–Trinajstić information content (AvgIpc) is 3.10. The Balaban J connectivity index is 1.58. The van der Waals surface area contributed by atoms with Crippen molar-refractivity contribution >= 4 is 22.5 Å². The molecule has 0 aliphatic carbocycles. The number of fused-ring (bicyclic) bond motifs is 1. The maximum absolute atomic E-state index is 6.43. The lowest BCUT2D eigenvalue weighted by Crippen LogP contribution is -2.46. The van der Waals surface area contributed by atoms with Gasteiger partial charge < -0.3 is 9.47 Å². The van der Waals surface area contributed by atoms with Crippen LogP contribution in [0.3, 0.4) is 0 Å². The second-order valence-corrected chi connectivity index (χ2v) is 6.63. The summed E-state index contributed by atoms with van der Waals surface area (Å²) < 4.78 is 11.5. The molecule has 4 nitrogen and oxygen atoms in total. The predicted molar refractivity (Wildman–Crippen MR) is 90.5 cm³/mol. The lowest BCUT2D eigenvalue weighted by atomic mass is 10.0. The molecule has 1 unspecified atom stereocenters. The van der Waals surface area contributed by atoms with Gasteiger partial charge in [-0.25, -0.2) is 4.98 Å². The SMILES string of the molecule is Clc1nc2ccccc2cc1CN1CCCCC1C1OCCO1. The molecule has 2 aromatic rings. The molecule has 0 saturated carbocycles. The summed E-state index contributed by atoms with van der Waals surface area (Å²) in [5.74, 6) is 0. The van der Waals surface area contributed by atoms with E-state index >= 15 is 0 Å². The third-order valence-corrected chi connectivity index (χ3v) is 5.08. The normalized spacial score (nSPS) is 23.6. The first kappa shape index (κ1) is 15.3. The van der Waals surface area contributed by atoms with Crippen molar-refractivity contribution in [3.05, 3.63) is 41.0 Å². The van der Waals surface area contributed by atoms with Gasteiger partial charge in [-0.05, 0) is 31.5 Å². The van der Waals surface area contributed by atoms with Crippen LogP contribution in [0, 0.1) is 0 Å². The second kappa shape index (κ2) is 6.73. The zero-order chi connectivity index (χ0) is 15.6. The van der Waals surface area contributed by atoms with Crippen LogP contribution in [-0.2, 0) is 16.0 Å². The minimum Gasteiger partial charge on any atom is -0.349 e. The summed E-state index contributed by atoms with van der Waals surface area (Å²) in [5.41, 5.74) is 2.02. The van der Waals surface area contributed by atoms with Crippen LogP contribution in [0.4, 0.5) is 0 Å². The fraction of sp³-hybridized carbons (Fsp3) is 0.500. The van der Waals surface area contributed by atoms with Gasteiger partial charge in [0.2, 0.25) is 0 Å². The highest BCUT2D eigenvalue weighted by molar-refractivity contribution is 6.30. The lowest BCUT2D eigenvalue weighted by Gasteiger charge is -2.38. The molecule has 0 amide bonds. The zero-order valence-electron chi connectivity index (χ0n) is 13.1. The maximum atomic E-state index is 6.43. The number of benzene rings is 1. The van der Waals surface area contributed by atoms with Gasteiger partial charge in [0.25, 0.3) is 0 Å². The Labute approximate surface area is 141 Å². The number of pyridine rings is 1. The lowest BCUT2D eigenvalue weighted by molar-refractivity contribution is -0.111. The maximum Gasteiger partial charge on any atom is 0.173 e. The van der Waals surface area contributed by atoms with Crippen molar-refractivity contribution in [3.63, 3.8) is 0 Å². The van der Waals surface area contributed by atoms with E-state index in [1.807, 2.05) is 18.2 Å². The molecule has 2 aliphatic rings. The summed E-state index contributed by atoms with van der Waals surface area (Å²) in [5, 5.41) is 1.73. The number of halogens is 1. The Morgan fingerprint density at radius 2 is 2.00 bits per heavy atom. The van der Waals surface area contributed by atoms with Crippen molar-refractivity contribution in [1.29, 1.82) is 0 Å². The van der Waals surface area contributed by atoms with Gasteiger partial charge >= 0.3 is 0 Å². The molecule has 0 bridgehead atoms. The van der Waals surface area contributed by atoms with Crippen molar-refractivity contribution in [2.24, 2.45) is 0 Å². The van der Waals surface area contributed by atoms with E-state index in [9.17, 15) is 0 Å². The number of likely N-dealkylation sites (tertiary alicyclic amines) is 1. The molecule has 0 spiro atoms. The number of rotatable bonds is 3. The first-order chi connectivity index (χ1) is 11.3. The van der Waals surface area contributed by atoms with Gasteiger partial charge in [-0.15, -0.1) is 0 Å². The number of aromatic nitrogens is 1. The first-order valence-electron chi connectivity index (χ1n) is 8.33. The van der Waals surface area contributed by atoms with E-state index in [4.69, 9.17) is 21.1 Å².